The number of carbonyl (C=O) groups excluding carboxylic acids is 2. The summed E-state index contributed by atoms with van der Waals surface area (Å²) in [5.41, 5.74) is 2.10. The summed E-state index contributed by atoms with van der Waals surface area (Å²) in [4.78, 5) is 27.2. The monoisotopic (exact) mass is 403 g/mol. The number of rotatable bonds is 8. The Kier molecular flexibility index (Phi) is 7.41. The van der Waals surface area contributed by atoms with Gasteiger partial charge in [0.2, 0.25) is 5.91 Å². The molecule has 1 aromatic heterocycles. The summed E-state index contributed by atoms with van der Waals surface area (Å²) in [7, 11) is 1.57. The molecule has 0 saturated carbocycles. The van der Waals surface area contributed by atoms with Crippen LogP contribution in [0.5, 0.6) is 0 Å². The van der Waals surface area contributed by atoms with E-state index in [2.05, 4.69) is 15.5 Å². The first-order valence-corrected chi connectivity index (χ1v) is 10.1. The minimum Gasteiger partial charge on any atom is -0.383 e. The quantitative estimate of drug-likeness (QED) is 0.657. The van der Waals surface area contributed by atoms with Crippen molar-refractivity contribution in [3.05, 3.63) is 41.3 Å². The van der Waals surface area contributed by atoms with Crippen LogP contribution in [0.2, 0.25) is 0 Å². The maximum absolute atomic E-state index is 12.6. The van der Waals surface area contributed by atoms with E-state index in [-0.39, 0.29) is 18.4 Å². The average molecular weight is 404 g/mol. The van der Waals surface area contributed by atoms with Crippen LogP contribution in [0.4, 0.5) is 5.00 Å². The van der Waals surface area contributed by atoms with Crippen LogP contribution in [0, 0.1) is 0 Å². The van der Waals surface area contributed by atoms with Crippen molar-refractivity contribution in [3.63, 3.8) is 0 Å². The third-order valence-electron chi connectivity index (χ3n) is 4.36. The maximum atomic E-state index is 12.6. The van der Waals surface area contributed by atoms with E-state index in [4.69, 9.17) is 9.47 Å². The van der Waals surface area contributed by atoms with E-state index in [9.17, 15) is 9.59 Å². The summed E-state index contributed by atoms with van der Waals surface area (Å²) in [5.74, 6) is -0.484. The van der Waals surface area contributed by atoms with Crippen molar-refractivity contribution in [1.82, 2.24) is 10.6 Å². The molecule has 150 valence electrons. The largest absolute Gasteiger partial charge is 0.383 e. The van der Waals surface area contributed by atoms with Crippen molar-refractivity contribution < 1.29 is 19.1 Å². The predicted octanol–water partition coefficient (Wildman–Crippen LogP) is 1.74. The molecule has 2 aromatic rings. The lowest BCUT2D eigenvalue weighted by molar-refractivity contribution is -0.120. The second-order valence-corrected chi connectivity index (χ2v) is 7.35. The Bertz CT molecular complexity index is 788. The SMILES string of the molecule is COCCNC(=O)CNC(=O)c1cc(-c2ccccc2)c(N2CCOCC2)s1. The Hall–Kier alpha value is -2.42. The van der Waals surface area contributed by atoms with Gasteiger partial charge in [0.25, 0.3) is 5.91 Å². The van der Waals surface area contributed by atoms with Crippen molar-refractivity contribution >= 4 is 28.2 Å². The highest BCUT2D eigenvalue weighted by Gasteiger charge is 2.22. The van der Waals surface area contributed by atoms with Crippen LogP contribution < -0.4 is 15.5 Å². The zero-order chi connectivity index (χ0) is 19.8. The normalized spacial score (nSPS) is 14.0. The highest BCUT2D eigenvalue weighted by molar-refractivity contribution is 7.18. The molecular weight excluding hydrogens is 378 g/mol. The molecule has 3 rings (SSSR count). The number of hydrogen-bond acceptors (Lipinski definition) is 6. The van der Waals surface area contributed by atoms with Crippen LogP contribution in [-0.2, 0) is 14.3 Å². The second kappa shape index (κ2) is 10.2. The van der Waals surface area contributed by atoms with E-state index in [1.165, 1.54) is 11.3 Å². The number of nitrogens with zero attached hydrogens (tertiary/aromatic N) is 1. The molecule has 0 radical (unpaired) electrons. The Morgan fingerprint density at radius 3 is 2.64 bits per heavy atom. The van der Waals surface area contributed by atoms with Crippen LogP contribution in [0.3, 0.4) is 0 Å². The van der Waals surface area contributed by atoms with Gasteiger partial charge in [0.05, 0.1) is 36.2 Å². The zero-order valence-corrected chi connectivity index (χ0v) is 16.7. The highest BCUT2D eigenvalue weighted by atomic mass is 32.1. The molecule has 1 aliphatic rings. The number of amides is 2. The molecule has 28 heavy (non-hydrogen) atoms. The number of hydrogen-bond donors (Lipinski definition) is 2. The molecule has 2 amide bonds. The summed E-state index contributed by atoms with van der Waals surface area (Å²) in [6.07, 6.45) is 0. The van der Waals surface area contributed by atoms with Gasteiger partial charge in [-0.2, -0.15) is 0 Å². The van der Waals surface area contributed by atoms with Crippen LogP contribution >= 0.6 is 11.3 Å². The molecule has 8 heteroatoms. The lowest BCUT2D eigenvalue weighted by Crippen LogP contribution is -2.38. The fourth-order valence-corrected chi connectivity index (χ4v) is 4.07. The van der Waals surface area contributed by atoms with E-state index >= 15 is 0 Å². The Morgan fingerprint density at radius 2 is 1.93 bits per heavy atom. The third-order valence-corrected chi connectivity index (χ3v) is 5.55. The Balaban J connectivity index is 1.73. The second-order valence-electron chi connectivity index (χ2n) is 6.32. The zero-order valence-electron chi connectivity index (χ0n) is 15.9. The molecule has 1 aromatic carbocycles. The number of thiophene rings is 1. The first-order valence-electron chi connectivity index (χ1n) is 9.25. The number of morpholine rings is 1. The van der Waals surface area contributed by atoms with E-state index in [1.807, 2.05) is 36.4 Å². The van der Waals surface area contributed by atoms with Gasteiger partial charge in [0.15, 0.2) is 0 Å². The van der Waals surface area contributed by atoms with Crippen molar-refractivity contribution in [2.24, 2.45) is 0 Å². The number of anilines is 1. The third kappa shape index (κ3) is 5.31. The van der Waals surface area contributed by atoms with Gasteiger partial charge in [-0.3, -0.25) is 9.59 Å². The van der Waals surface area contributed by atoms with Crippen molar-refractivity contribution in [2.45, 2.75) is 0 Å². The number of nitrogens with one attached hydrogen (secondary N) is 2. The minimum absolute atomic E-state index is 0.0615. The van der Waals surface area contributed by atoms with Gasteiger partial charge in [-0.15, -0.1) is 11.3 Å². The summed E-state index contributed by atoms with van der Waals surface area (Å²) in [6.45, 7) is 3.74. The van der Waals surface area contributed by atoms with Gasteiger partial charge in [0, 0.05) is 32.3 Å². The fraction of sp³-hybridized carbons (Fsp3) is 0.400. The first kappa shape index (κ1) is 20.3. The average Bonchev–Trinajstić information content (AvgIpc) is 3.19. The smallest absolute Gasteiger partial charge is 0.261 e. The van der Waals surface area contributed by atoms with Crippen molar-refractivity contribution in [1.29, 1.82) is 0 Å². The number of methoxy groups -OCH3 is 1. The summed E-state index contributed by atoms with van der Waals surface area (Å²) < 4.78 is 10.3. The van der Waals surface area contributed by atoms with Gasteiger partial charge < -0.3 is 25.0 Å². The van der Waals surface area contributed by atoms with Crippen LogP contribution in [0.15, 0.2) is 36.4 Å². The molecule has 0 spiro atoms. The van der Waals surface area contributed by atoms with E-state index in [1.54, 1.807) is 7.11 Å². The number of ether oxygens (including phenoxy) is 2. The fourth-order valence-electron chi connectivity index (χ4n) is 2.92. The molecule has 0 atom stereocenters. The molecule has 2 N–H and O–H groups in total. The van der Waals surface area contributed by atoms with Crippen LogP contribution in [-0.4, -0.2) is 64.9 Å². The van der Waals surface area contributed by atoms with Gasteiger partial charge in [0.1, 0.15) is 0 Å². The van der Waals surface area contributed by atoms with Gasteiger partial charge in [-0.25, -0.2) is 0 Å². The molecule has 1 aliphatic heterocycles. The van der Waals surface area contributed by atoms with Gasteiger partial charge in [-0.1, -0.05) is 30.3 Å². The molecule has 1 saturated heterocycles. The molecule has 7 nitrogen and oxygen atoms in total. The lowest BCUT2D eigenvalue weighted by atomic mass is 10.1. The Morgan fingerprint density at radius 1 is 1.18 bits per heavy atom. The summed E-state index contributed by atoms with van der Waals surface area (Å²) in [5, 5.41) is 6.44. The predicted molar refractivity (Wildman–Crippen MR) is 110 cm³/mol. The molecule has 0 bridgehead atoms. The van der Waals surface area contributed by atoms with Gasteiger partial charge in [-0.05, 0) is 11.6 Å². The molecule has 0 unspecified atom stereocenters. The maximum Gasteiger partial charge on any atom is 0.261 e. The van der Waals surface area contributed by atoms with Crippen molar-refractivity contribution in [3.8, 4) is 11.1 Å². The molecule has 0 aliphatic carbocycles. The number of benzene rings is 1. The Labute approximate surface area is 168 Å². The molecule has 1 fully saturated rings. The van der Waals surface area contributed by atoms with Crippen molar-refractivity contribution in [2.75, 3.05) is 58.0 Å². The van der Waals surface area contributed by atoms with Crippen LogP contribution in [0.1, 0.15) is 9.67 Å². The summed E-state index contributed by atoms with van der Waals surface area (Å²) >= 11 is 1.45. The van der Waals surface area contributed by atoms with E-state index in [0.29, 0.717) is 31.2 Å². The minimum atomic E-state index is -0.247. The van der Waals surface area contributed by atoms with E-state index < -0.39 is 0 Å². The van der Waals surface area contributed by atoms with Crippen LogP contribution in [0.25, 0.3) is 11.1 Å². The standard InChI is InChI=1S/C20H25N3O4S/c1-26-10-7-21-18(24)14-22-19(25)17-13-16(15-5-3-2-4-6-15)20(28-17)23-8-11-27-12-9-23/h2-6,13H,7-12,14H2,1H3,(H,21,24)(H,22,25). The topological polar surface area (TPSA) is 79.9 Å². The molecule has 2 heterocycles. The molecular formula is C20H25N3O4S. The first-order chi connectivity index (χ1) is 13.7. The number of carbonyl (C=O) groups is 2. The van der Waals surface area contributed by atoms with E-state index in [0.717, 1.165) is 29.2 Å². The summed E-state index contributed by atoms with van der Waals surface area (Å²) in [6, 6.07) is 11.9. The highest BCUT2D eigenvalue weighted by Crippen LogP contribution is 2.39. The van der Waals surface area contributed by atoms with Gasteiger partial charge >= 0.3 is 0 Å². The lowest BCUT2D eigenvalue weighted by Gasteiger charge is -2.28.